The van der Waals surface area contributed by atoms with Crippen molar-refractivity contribution in [1.82, 2.24) is 0 Å². The second kappa shape index (κ2) is 9.73. The lowest BCUT2D eigenvalue weighted by Gasteiger charge is -2.23. The van der Waals surface area contributed by atoms with E-state index in [-0.39, 0.29) is 29.2 Å². The Morgan fingerprint density at radius 2 is 1.66 bits per heavy atom. The van der Waals surface area contributed by atoms with E-state index in [0.717, 1.165) is 28.8 Å². The van der Waals surface area contributed by atoms with Gasteiger partial charge in [-0.15, -0.1) is 0 Å². The minimum Gasteiger partial charge on any atom is -0.484 e. The first-order valence-corrected chi connectivity index (χ1v) is 11.2. The smallest absolute Gasteiger partial charge is 0.262 e. The Morgan fingerprint density at radius 3 is 2.31 bits per heavy atom. The van der Waals surface area contributed by atoms with E-state index in [1.165, 1.54) is 42.5 Å². The van der Waals surface area contributed by atoms with Crippen molar-refractivity contribution in [2.24, 2.45) is 0 Å². The highest BCUT2D eigenvalue weighted by atomic mass is 32.2. The minimum absolute atomic E-state index is 0.201. The molecule has 6 nitrogen and oxygen atoms in total. The summed E-state index contributed by atoms with van der Waals surface area (Å²) in [6.45, 7) is -0.687. The molecule has 1 N–H and O–H groups in total. The molecule has 3 aromatic rings. The van der Waals surface area contributed by atoms with Crippen molar-refractivity contribution in [3.63, 3.8) is 0 Å². The van der Waals surface area contributed by atoms with E-state index in [9.17, 15) is 26.4 Å². The third kappa shape index (κ3) is 6.01. The predicted molar refractivity (Wildman–Crippen MR) is 114 cm³/mol. The summed E-state index contributed by atoms with van der Waals surface area (Å²) in [5.41, 5.74) is 0.166. The molecule has 0 aliphatic heterocycles. The van der Waals surface area contributed by atoms with Crippen LogP contribution in [0.5, 0.6) is 5.75 Å². The average Bonchev–Trinajstić information content (AvgIpc) is 2.74. The lowest BCUT2D eigenvalue weighted by atomic mass is 10.2. The quantitative estimate of drug-likeness (QED) is 0.545. The predicted octanol–water partition coefficient (Wildman–Crippen LogP) is 4.09. The number of carbonyl (C=O) groups excluding carboxylic acids is 1. The highest BCUT2D eigenvalue weighted by Crippen LogP contribution is 2.24. The normalized spacial score (nSPS) is 11.1. The molecule has 0 fully saturated rings. The highest BCUT2D eigenvalue weighted by molar-refractivity contribution is 7.92. The van der Waals surface area contributed by atoms with Crippen molar-refractivity contribution in [3.8, 4) is 5.75 Å². The van der Waals surface area contributed by atoms with Gasteiger partial charge in [0.1, 0.15) is 23.2 Å². The minimum atomic E-state index is -3.72. The molecule has 0 aliphatic carbocycles. The summed E-state index contributed by atoms with van der Waals surface area (Å²) < 4.78 is 71.6. The fraction of sp³-hybridized carbons (Fsp3) is 0.136. The second-order valence-corrected chi connectivity index (χ2v) is 8.72. The van der Waals surface area contributed by atoms with E-state index in [2.05, 4.69) is 5.32 Å². The van der Waals surface area contributed by atoms with Crippen molar-refractivity contribution < 1.29 is 31.1 Å². The van der Waals surface area contributed by atoms with Crippen LogP contribution in [0.15, 0.2) is 66.7 Å². The van der Waals surface area contributed by atoms with Gasteiger partial charge in [0, 0.05) is 11.6 Å². The van der Waals surface area contributed by atoms with Crippen LogP contribution in [0.4, 0.5) is 24.5 Å². The lowest BCUT2D eigenvalue weighted by molar-refractivity contribution is -0.118. The maximum Gasteiger partial charge on any atom is 0.262 e. The van der Waals surface area contributed by atoms with Gasteiger partial charge in [-0.1, -0.05) is 18.2 Å². The molecule has 0 spiro atoms. The van der Waals surface area contributed by atoms with E-state index < -0.39 is 40.0 Å². The molecule has 0 bridgehead atoms. The molecule has 0 aromatic heterocycles. The van der Waals surface area contributed by atoms with Crippen LogP contribution in [0.3, 0.4) is 0 Å². The number of anilines is 2. The number of ether oxygens (including phenoxy) is 1. The van der Waals surface area contributed by atoms with Crippen LogP contribution in [-0.4, -0.2) is 27.2 Å². The van der Waals surface area contributed by atoms with E-state index in [0.29, 0.717) is 0 Å². The highest BCUT2D eigenvalue weighted by Gasteiger charge is 2.19. The van der Waals surface area contributed by atoms with Gasteiger partial charge in [0.15, 0.2) is 6.61 Å². The summed E-state index contributed by atoms with van der Waals surface area (Å²) in [7, 11) is -3.72. The SMILES string of the molecule is CS(=O)(=O)N(Cc1ccccc1F)c1ccc(OCC(=O)Nc2cc(F)ccc2F)cc1. The van der Waals surface area contributed by atoms with Crippen molar-refractivity contribution in [3.05, 3.63) is 89.7 Å². The molecular weight excluding hydrogens is 445 g/mol. The topological polar surface area (TPSA) is 75.7 Å². The number of halogens is 3. The Bertz CT molecular complexity index is 1220. The molecule has 168 valence electrons. The molecule has 0 atom stereocenters. The van der Waals surface area contributed by atoms with Crippen LogP contribution in [-0.2, 0) is 21.4 Å². The third-order valence-corrected chi connectivity index (χ3v) is 5.51. The Morgan fingerprint density at radius 1 is 0.969 bits per heavy atom. The largest absolute Gasteiger partial charge is 0.484 e. The number of sulfonamides is 1. The maximum atomic E-state index is 14.0. The molecule has 0 aliphatic rings. The number of hydrogen-bond donors (Lipinski definition) is 1. The summed E-state index contributed by atoms with van der Waals surface area (Å²) in [4.78, 5) is 11.9. The van der Waals surface area contributed by atoms with Crippen molar-refractivity contribution in [2.75, 3.05) is 22.5 Å². The van der Waals surface area contributed by atoms with Gasteiger partial charge in [0.2, 0.25) is 10.0 Å². The van der Waals surface area contributed by atoms with Crippen LogP contribution < -0.4 is 14.4 Å². The van der Waals surface area contributed by atoms with Crippen LogP contribution in [0.2, 0.25) is 0 Å². The zero-order valence-corrected chi connectivity index (χ0v) is 17.7. The molecule has 0 saturated heterocycles. The summed E-state index contributed by atoms with van der Waals surface area (Å²) in [6.07, 6.45) is 1.01. The van der Waals surface area contributed by atoms with Crippen molar-refractivity contribution >= 4 is 27.3 Å². The Kier molecular flexibility index (Phi) is 7.04. The molecule has 0 heterocycles. The van der Waals surface area contributed by atoms with Gasteiger partial charge in [-0.05, 0) is 42.5 Å². The molecule has 3 aromatic carbocycles. The van der Waals surface area contributed by atoms with E-state index in [1.807, 2.05) is 0 Å². The first-order valence-electron chi connectivity index (χ1n) is 9.32. The van der Waals surface area contributed by atoms with Crippen LogP contribution in [0.25, 0.3) is 0 Å². The first kappa shape index (κ1) is 23.1. The number of amides is 1. The molecule has 10 heteroatoms. The van der Waals surface area contributed by atoms with Gasteiger partial charge in [0.05, 0.1) is 24.2 Å². The number of hydrogen-bond acceptors (Lipinski definition) is 4. The fourth-order valence-electron chi connectivity index (χ4n) is 2.82. The van der Waals surface area contributed by atoms with Gasteiger partial charge in [-0.3, -0.25) is 9.10 Å². The molecule has 3 rings (SSSR count). The van der Waals surface area contributed by atoms with E-state index >= 15 is 0 Å². The number of carbonyl (C=O) groups is 1. The Hall–Kier alpha value is -3.53. The van der Waals surface area contributed by atoms with Crippen LogP contribution in [0, 0.1) is 17.5 Å². The summed E-state index contributed by atoms with van der Waals surface area (Å²) in [6, 6.07) is 14.3. The third-order valence-electron chi connectivity index (χ3n) is 4.37. The van der Waals surface area contributed by atoms with Gasteiger partial charge >= 0.3 is 0 Å². The maximum absolute atomic E-state index is 14.0. The lowest BCUT2D eigenvalue weighted by Crippen LogP contribution is -2.29. The first-order chi connectivity index (χ1) is 15.1. The van der Waals surface area contributed by atoms with Gasteiger partial charge in [-0.25, -0.2) is 21.6 Å². The van der Waals surface area contributed by atoms with Crippen LogP contribution in [0.1, 0.15) is 5.56 Å². The summed E-state index contributed by atoms with van der Waals surface area (Å²) in [5.74, 6) is -2.50. The van der Waals surface area contributed by atoms with Crippen molar-refractivity contribution in [2.45, 2.75) is 6.54 Å². The molecule has 1 amide bonds. The zero-order chi connectivity index (χ0) is 23.3. The number of nitrogens with one attached hydrogen (secondary N) is 1. The number of benzene rings is 3. The average molecular weight is 464 g/mol. The molecule has 0 saturated carbocycles. The second-order valence-electron chi connectivity index (χ2n) is 6.82. The zero-order valence-electron chi connectivity index (χ0n) is 16.9. The van der Waals surface area contributed by atoms with E-state index in [1.54, 1.807) is 6.07 Å². The number of rotatable bonds is 8. The molecular formula is C22H19F3N2O4S. The summed E-state index contributed by atoms with van der Waals surface area (Å²) >= 11 is 0. The van der Waals surface area contributed by atoms with Crippen molar-refractivity contribution in [1.29, 1.82) is 0 Å². The van der Waals surface area contributed by atoms with Gasteiger partial charge in [-0.2, -0.15) is 0 Å². The molecule has 0 radical (unpaired) electrons. The standard InChI is InChI=1S/C22H19F3N2O4S/c1-32(29,30)27(13-15-4-2-3-5-19(15)24)17-7-9-18(10-8-17)31-14-22(28)26-21-12-16(23)6-11-20(21)25/h2-12H,13-14H2,1H3,(H,26,28). The van der Waals surface area contributed by atoms with Crippen LogP contribution >= 0.6 is 0 Å². The fourth-order valence-corrected chi connectivity index (χ4v) is 3.70. The molecule has 32 heavy (non-hydrogen) atoms. The Balaban J connectivity index is 1.67. The number of nitrogens with zero attached hydrogens (tertiary/aromatic N) is 1. The van der Waals surface area contributed by atoms with Gasteiger partial charge in [0.25, 0.3) is 5.91 Å². The molecule has 0 unspecified atom stereocenters. The Labute approximate surface area is 183 Å². The van der Waals surface area contributed by atoms with Gasteiger partial charge < -0.3 is 10.1 Å². The van der Waals surface area contributed by atoms with E-state index in [4.69, 9.17) is 4.74 Å². The monoisotopic (exact) mass is 464 g/mol. The summed E-state index contributed by atoms with van der Waals surface area (Å²) in [5, 5.41) is 2.20.